The summed E-state index contributed by atoms with van der Waals surface area (Å²) in [6.07, 6.45) is 3.60. The van der Waals surface area contributed by atoms with Gasteiger partial charge in [-0.1, -0.05) is 18.2 Å². The number of benzene rings is 2. The Kier molecular flexibility index (Phi) is 10.3. The fourth-order valence-corrected chi connectivity index (χ4v) is 9.20. The Morgan fingerprint density at radius 3 is 2.38 bits per heavy atom. The van der Waals surface area contributed by atoms with E-state index >= 15 is 0 Å². The van der Waals surface area contributed by atoms with E-state index in [-0.39, 0.29) is 35.7 Å². The Hall–Kier alpha value is -5.35. The number of pyridine rings is 1. The second kappa shape index (κ2) is 15.1. The number of imide groups is 1. The Balaban J connectivity index is 0.897. The Bertz CT molecular complexity index is 2460. The second-order valence-corrected chi connectivity index (χ2v) is 16.6. The molecule has 0 radical (unpaired) electrons. The molecule has 58 heavy (non-hydrogen) atoms. The highest BCUT2D eigenvalue weighted by Gasteiger charge is 2.35. The molecule has 1 unspecified atom stereocenters. The lowest BCUT2D eigenvalue weighted by Gasteiger charge is -2.37. The number of amides is 3. The first-order valence-electron chi connectivity index (χ1n) is 19.9. The van der Waals surface area contributed by atoms with Crippen LogP contribution in [0.1, 0.15) is 111 Å². The monoisotopic (exact) mass is 800 g/mol. The van der Waals surface area contributed by atoms with E-state index in [1.165, 1.54) is 6.07 Å². The number of carbonyl (C=O) groups is 3. The maximum absolute atomic E-state index is 13.5. The van der Waals surface area contributed by atoms with Gasteiger partial charge in [-0.15, -0.1) is 0 Å². The summed E-state index contributed by atoms with van der Waals surface area (Å²) < 4.78 is 44.9. The average molecular weight is 801 g/mol. The number of para-hydroxylation sites is 1. The zero-order chi connectivity index (χ0) is 41.1. The van der Waals surface area contributed by atoms with Gasteiger partial charge in [0.05, 0.1) is 28.2 Å². The van der Waals surface area contributed by atoms with Crippen molar-refractivity contribution >= 4 is 45.3 Å². The molecule has 1 saturated carbocycles. The summed E-state index contributed by atoms with van der Waals surface area (Å²) >= 11 is 0. The van der Waals surface area contributed by atoms with Gasteiger partial charge >= 0.3 is 11.9 Å². The third-order valence-electron chi connectivity index (χ3n) is 12.2. The summed E-state index contributed by atoms with van der Waals surface area (Å²) in [5.41, 5.74) is 0.781. The molecule has 1 atom stereocenters. The third kappa shape index (κ3) is 7.66. The number of halogens is 3. The lowest BCUT2D eigenvalue weighted by molar-refractivity contribution is -0.141. The number of aryl methyl sites for hydroxylation is 1. The molecule has 3 aliphatic rings. The van der Waals surface area contributed by atoms with Gasteiger partial charge in [-0.3, -0.25) is 33.5 Å². The number of likely N-dealkylation sites (tertiary alicyclic amines) is 1. The van der Waals surface area contributed by atoms with Gasteiger partial charge in [-0.2, -0.15) is 18.3 Å². The standard InChI is InChI=1S/C42H47F3N8O5/c1-41(2,58)29-21-31-26(20-32(29)47-38(55)30-7-5-9-35(46-30)42(43,44)45)23-52(49-31)27-12-10-24(11-13-27)22-51-18-16-25(17-19-51)28-6-4-8-33-37(28)50(3)40(57)53(33)34-14-15-36(54)48-39(34)56/h4-9,20-21,23-25,27,34,58H,10-19,22H2,1-3H3,(H,47,55)(H,48,54,56)/t24-,27-,34?. The highest BCUT2D eigenvalue weighted by Crippen LogP contribution is 2.38. The highest BCUT2D eigenvalue weighted by atomic mass is 19.4. The summed E-state index contributed by atoms with van der Waals surface area (Å²) in [5, 5.41) is 21.6. The first-order valence-corrected chi connectivity index (χ1v) is 19.9. The van der Waals surface area contributed by atoms with Gasteiger partial charge in [-0.05, 0) is 120 Å². The predicted octanol–water partition coefficient (Wildman–Crippen LogP) is 6.17. The van der Waals surface area contributed by atoms with Gasteiger partial charge < -0.3 is 15.3 Å². The van der Waals surface area contributed by atoms with E-state index in [1.807, 2.05) is 23.0 Å². The van der Waals surface area contributed by atoms with Crippen LogP contribution >= 0.6 is 0 Å². The van der Waals surface area contributed by atoms with Gasteiger partial charge in [-0.25, -0.2) is 9.78 Å². The molecule has 2 aromatic carbocycles. The van der Waals surface area contributed by atoms with Crippen molar-refractivity contribution in [1.29, 1.82) is 0 Å². The lowest BCUT2D eigenvalue weighted by atomic mass is 9.84. The predicted molar refractivity (Wildman–Crippen MR) is 210 cm³/mol. The minimum atomic E-state index is -4.70. The normalized spacial score (nSPS) is 21.5. The summed E-state index contributed by atoms with van der Waals surface area (Å²) in [5.74, 6) is -0.759. The molecule has 16 heteroatoms. The van der Waals surface area contributed by atoms with Crippen LogP contribution in [0.15, 0.2) is 59.5 Å². The van der Waals surface area contributed by atoms with E-state index in [4.69, 9.17) is 5.10 Å². The zero-order valence-electron chi connectivity index (χ0n) is 32.7. The molecule has 3 aromatic heterocycles. The molecule has 3 N–H and O–H groups in total. The molecule has 2 aliphatic heterocycles. The molecule has 5 aromatic rings. The van der Waals surface area contributed by atoms with Gasteiger partial charge in [0.15, 0.2) is 0 Å². The molecular formula is C42H47F3N8O5. The van der Waals surface area contributed by atoms with Crippen LogP contribution in [0, 0.1) is 5.92 Å². The fraction of sp³-hybridized carbons (Fsp3) is 0.476. The minimum Gasteiger partial charge on any atom is -0.386 e. The number of rotatable bonds is 8. The quantitative estimate of drug-likeness (QED) is 0.157. The number of aliphatic hydroxyl groups is 1. The van der Waals surface area contributed by atoms with E-state index in [9.17, 15) is 37.5 Å². The van der Waals surface area contributed by atoms with E-state index < -0.39 is 41.0 Å². The number of nitrogens with one attached hydrogen (secondary N) is 2. The Morgan fingerprint density at radius 1 is 0.966 bits per heavy atom. The number of anilines is 1. The number of imidazole rings is 1. The molecular weight excluding hydrogens is 754 g/mol. The first-order chi connectivity index (χ1) is 27.5. The van der Waals surface area contributed by atoms with Crippen LogP contribution in [0.4, 0.5) is 18.9 Å². The second-order valence-electron chi connectivity index (χ2n) is 16.6. The first kappa shape index (κ1) is 39.5. The Labute approximate surface area is 332 Å². The van der Waals surface area contributed by atoms with E-state index in [0.717, 1.165) is 92.3 Å². The molecule has 1 aliphatic carbocycles. The highest BCUT2D eigenvalue weighted by molar-refractivity contribution is 6.04. The van der Waals surface area contributed by atoms with Gasteiger partial charge in [0.25, 0.3) is 5.91 Å². The maximum Gasteiger partial charge on any atom is 0.433 e. The number of alkyl halides is 3. The van der Waals surface area contributed by atoms with Crippen molar-refractivity contribution in [3.8, 4) is 0 Å². The summed E-state index contributed by atoms with van der Waals surface area (Å²) in [6.45, 7) is 6.04. The number of hydrogen-bond donors (Lipinski definition) is 3. The van der Waals surface area contributed by atoms with Gasteiger partial charge in [0.1, 0.15) is 17.4 Å². The number of piperidine rings is 2. The maximum atomic E-state index is 13.5. The number of aromatic nitrogens is 5. The summed E-state index contributed by atoms with van der Waals surface area (Å²) in [7, 11) is 1.75. The van der Waals surface area contributed by atoms with Crippen LogP contribution in [0.2, 0.25) is 0 Å². The molecule has 0 bridgehead atoms. The van der Waals surface area contributed by atoms with Crippen molar-refractivity contribution in [2.75, 3.05) is 25.0 Å². The van der Waals surface area contributed by atoms with E-state index in [0.29, 0.717) is 23.4 Å². The topological polar surface area (TPSA) is 156 Å². The Morgan fingerprint density at radius 2 is 1.69 bits per heavy atom. The van der Waals surface area contributed by atoms with Crippen molar-refractivity contribution in [3.05, 3.63) is 87.7 Å². The SMILES string of the molecule is Cn1c(=O)n(C2CCC(=O)NC2=O)c2cccc(C3CCN(C[C@H]4CC[C@H](n5cc6cc(NC(=O)c7cccc(C(F)(F)F)n7)c(C(C)(C)O)cc6n5)CC4)CC3)c21. The van der Waals surface area contributed by atoms with E-state index in [2.05, 4.69) is 26.6 Å². The van der Waals surface area contributed by atoms with Crippen LogP contribution in [-0.2, 0) is 28.4 Å². The number of hydrogen-bond acceptors (Lipinski definition) is 8. The number of carbonyl (C=O) groups excluding carboxylic acids is 3. The number of nitrogens with zero attached hydrogens (tertiary/aromatic N) is 6. The molecule has 306 valence electrons. The van der Waals surface area contributed by atoms with Crippen LogP contribution < -0.4 is 16.3 Å². The minimum absolute atomic E-state index is 0.173. The average Bonchev–Trinajstić information content (AvgIpc) is 3.72. The molecule has 0 spiro atoms. The van der Waals surface area contributed by atoms with Crippen molar-refractivity contribution in [1.82, 2.24) is 34.1 Å². The van der Waals surface area contributed by atoms with Crippen molar-refractivity contribution in [2.24, 2.45) is 13.0 Å². The van der Waals surface area contributed by atoms with Crippen molar-refractivity contribution in [2.45, 2.75) is 95.0 Å². The number of fused-ring (bicyclic) bond motifs is 2. The van der Waals surface area contributed by atoms with Crippen LogP contribution in [0.3, 0.4) is 0 Å². The van der Waals surface area contributed by atoms with E-state index in [1.54, 1.807) is 42.2 Å². The lowest BCUT2D eigenvalue weighted by Crippen LogP contribution is -2.44. The smallest absolute Gasteiger partial charge is 0.386 e. The zero-order valence-corrected chi connectivity index (χ0v) is 32.7. The molecule has 2 saturated heterocycles. The molecule has 5 heterocycles. The third-order valence-corrected chi connectivity index (χ3v) is 12.2. The molecule has 8 rings (SSSR count). The largest absolute Gasteiger partial charge is 0.433 e. The van der Waals surface area contributed by atoms with Crippen molar-refractivity contribution < 1.29 is 32.7 Å². The fourth-order valence-electron chi connectivity index (χ4n) is 9.20. The molecule has 3 fully saturated rings. The van der Waals surface area contributed by atoms with Gasteiger partial charge in [0.2, 0.25) is 11.8 Å². The van der Waals surface area contributed by atoms with Crippen molar-refractivity contribution in [3.63, 3.8) is 0 Å². The van der Waals surface area contributed by atoms with Crippen LogP contribution in [-0.4, -0.2) is 71.3 Å². The summed E-state index contributed by atoms with van der Waals surface area (Å²) in [6, 6.07) is 12.0. The van der Waals surface area contributed by atoms with Gasteiger partial charge in [0, 0.05) is 42.8 Å². The van der Waals surface area contributed by atoms with Crippen LogP contribution in [0.5, 0.6) is 0 Å². The molecule has 3 amide bonds. The van der Waals surface area contributed by atoms with Crippen LogP contribution in [0.25, 0.3) is 21.9 Å². The molecule has 13 nitrogen and oxygen atoms in total. The summed E-state index contributed by atoms with van der Waals surface area (Å²) in [4.78, 5) is 57.1.